The Labute approximate surface area is 189 Å². The van der Waals surface area contributed by atoms with Crippen LogP contribution in [0, 0.1) is 6.92 Å². The predicted molar refractivity (Wildman–Crippen MR) is 122 cm³/mol. The molecule has 0 aliphatic rings. The van der Waals surface area contributed by atoms with Gasteiger partial charge in [0.05, 0.1) is 0 Å². The number of hydrogen-bond acceptors (Lipinski definition) is 3. The van der Waals surface area contributed by atoms with Gasteiger partial charge < -0.3 is 15.0 Å². The molecule has 2 amide bonds. The van der Waals surface area contributed by atoms with Crippen LogP contribution in [0.2, 0.25) is 0 Å². The van der Waals surface area contributed by atoms with Crippen molar-refractivity contribution in [1.82, 2.24) is 10.2 Å². The maximum atomic E-state index is 13.0. The fraction of sp³-hybridized carbons (Fsp3) is 0.364. The molecule has 0 saturated heterocycles. The molecule has 0 aliphatic heterocycles. The van der Waals surface area contributed by atoms with Crippen LogP contribution >= 0.6 is 31.9 Å². The van der Waals surface area contributed by atoms with Crippen LogP contribution in [0.25, 0.3) is 0 Å². The predicted octanol–water partition coefficient (Wildman–Crippen LogP) is 4.84. The van der Waals surface area contributed by atoms with E-state index in [1.807, 2.05) is 57.2 Å². The summed E-state index contributed by atoms with van der Waals surface area (Å²) >= 11 is 6.86. The summed E-state index contributed by atoms with van der Waals surface area (Å²) in [5.41, 5.74) is 1.96. The third-order valence-corrected chi connectivity index (χ3v) is 5.77. The first-order valence-electron chi connectivity index (χ1n) is 9.40. The van der Waals surface area contributed by atoms with E-state index in [2.05, 4.69) is 37.2 Å². The molecule has 0 aromatic heterocycles. The average molecular weight is 526 g/mol. The summed E-state index contributed by atoms with van der Waals surface area (Å²) < 4.78 is 7.64. The molecule has 29 heavy (non-hydrogen) atoms. The zero-order chi connectivity index (χ0) is 21.6. The molecule has 1 atom stereocenters. The van der Waals surface area contributed by atoms with Crippen molar-refractivity contribution in [3.63, 3.8) is 0 Å². The molecule has 0 bridgehead atoms. The number of carbonyl (C=O) groups excluding carboxylic acids is 2. The maximum absolute atomic E-state index is 13.0. The Hall–Kier alpha value is -1.86. The smallest absolute Gasteiger partial charge is 0.261 e. The normalized spacial score (nSPS) is 11.8. The molecule has 0 heterocycles. The van der Waals surface area contributed by atoms with Crippen LogP contribution < -0.4 is 10.1 Å². The van der Waals surface area contributed by atoms with Gasteiger partial charge in [0.25, 0.3) is 5.91 Å². The Balaban J connectivity index is 2.15. The molecule has 156 valence electrons. The summed E-state index contributed by atoms with van der Waals surface area (Å²) in [5.74, 6) is 0.173. The first-order chi connectivity index (χ1) is 13.7. The number of nitrogens with one attached hydrogen (secondary N) is 1. The van der Waals surface area contributed by atoms with Crippen molar-refractivity contribution < 1.29 is 14.3 Å². The van der Waals surface area contributed by atoms with E-state index in [0.29, 0.717) is 12.3 Å². The highest BCUT2D eigenvalue weighted by Crippen LogP contribution is 2.22. The molecule has 0 aliphatic carbocycles. The number of amides is 2. The second-order valence-corrected chi connectivity index (χ2v) is 8.96. The van der Waals surface area contributed by atoms with Crippen molar-refractivity contribution in [3.05, 3.63) is 62.5 Å². The van der Waals surface area contributed by atoms with Gasteiger partial charge in [0.15, 0.2) is 6.61 Å². The third-order valence-electron chi connectivity index (χ3n) is 4.36. The molecular formula is C22H26Br2N2O3. The molecule has 0 unspecified atom stereocenters. The van der Waals surface area contributed by atoms with E-state index < -0.39 is 6.04 Å². The SMILES string of the molecule is Cc1cc(OCC(=O)N(Cc2ccc(Br)cc2)[C@@H](C)C(=O)NC(C)C)ccc1Br. The molecule has 0 spiro atoms. The number of ether oxygens (including phenoxy) is 1. The fourth-order valence-electron chi connectivity index (χ4n) is 2.71. The quantitative estimate of drug-likeness (QED) is 0.536. The Kier molecular flexibility index (Phi) is 8.71. The highest BCUT2D eigenvalue weighted by molar-refractivity contribution is 9.10. The zero-order valence-electron chi connectivity index (χ0n) is 17.0. The average Bonchev–Trinajstić information content (AvgIpc) is 2.67. The molecule has 0 saturated carbocycles. The Morgan fingerprint density at radius 2 is 1.72 bits per heavy atom. The standard InChI is InChI=1S/C22H26Br2N2O3/c1-14(2)25-22(28)16(4)26(12-17-5-7-18(23)8-6-17)21(27)13-29-19-9-10-20(24)15(3)11-19/h5-11,14,16H,12-13H2,1-4H3,(H,25,28)/t16-/m0/s1. The molecule has 0 radical (unpaired) electrons. The van der Waals surface area contributed by atoms with Gasteiger partial charge in [0, 0.05) is 21.5 Å². The first-order valence-corrected chi connectivity index (χ1v) is 11.0. The van der Waals surface area contributed by atoms with Crippen LogP contribution in [0.5, 0.6) is 5.75 Å². The van der Waals surface area contributed by atoms with Gasteiger partial charge in [-0.15, -0.1) is 0 Å². The highest BCUT2D eigenvalue weighted by Gasteiger charge is 2.26. The Bertz CT molecular complexity index is 854. The maximum Gasteiger partial charge on any atom is 0.261 e. The second-order valence-electron chi connectivity index (χ2n) is 7.19. The van der Waals surface area contributed by atoms with E-state index in [9.17, 15) is 9.59 Å². The summed E-state index contributed by atoms with van der Waals surface area (Å²) in [6, 6.07) is 12.6. The van der Waals surface area contributed by atoms with E-state index >= 15 is 0 Å². The van der Waals surface area contributed by atoms with Crippen molar-refractivity contribution in [2.45, 2.75) is 46.3 Å². The van der Waals surface area contributed by atoms with Crippen LogP contribution in [-0.2, 0) is 16.1 Å². The molecule has 2 rings (SSSR count). The number of benzene rings is 2. The van der Waals surface area contributed by atoms with Crippen molar-refractivity contribution >= 4 is 43.7 Å². The molecule has 5 nitrogen and oxygen atoms in total. The minimum atomic E-state index is -0.621. The van der Waals surface area contributed by atoms with Gasteiger partial charge in [-0.05, 0) is 69.2 Å². The number of rotatable bonds is 8. The van der Waals surface area contributed by atoms with Gasteiger partial charge in [-0.25, -0.2) is 0 Å². The molecule has 7 heteroatoms. The van der Waals surface area contributed by atoms with E-state index in [-0.39, 0.29) is 24.5 Å². The molecule has 1 N–H and O–H groups in total. The van der Waals surface area contributed by atoms with Crippen LogP contribution in [0.15, 0.2) is 51.4 Å². The van der Waals surface area contributed by atoms with E-state index in [1.54, 1.807) is 17.9 Å². The summed E-state index contributed by atoms with van der Waals surface area (Å²) in [4.78, 5) is 27.1. The number of carbonyl (C=O) groups is 2. The van der Waals surface area contributed by atoms with Crippen molar-refractivity contribution in [3.8, 4) is 5.75 Å². The lowest BCUT2D eigenvalue weighted by molar-refractivity contribution is -0.142. The largest absolute Gasteiger partial charge is 0.484 e. The number of aryl methyl sites for hydroxylation is 1. The summed E-state index contributed by atoms with van der Waals surface area (Å²) in [7, 11) is 0. The van der Waals surface area contributed by atoms with Gasteiger partial charge in [-0.1, -0.05) is 44.0 Å². The number of halogens is 2. The van der Waals surface area contributed by atoms with Crippen LogP contribution in [0.3, 0.4) is 0 Å². The van der Waals surface area contributed by atoms with Gasteiger partial charge in [-0.2, -0.15) is 0 Å². The van der Waals surface area contributed by atoms with E-state index in [1.165, 1.54) is 0 Å². The van der Waals surface area contributed by atoms with Gasteiger partial charge in [-0.3, -0.25) is 9.59 Å². The lowest BCUT2D eigenvalue weighted by atomic mass is 10.1. The van der Waals surface area contributed by atoms with Gasteiger partial charge >= 0.3 is 0 Å². The van der Waals surface area contributed by atoms with Crippen LogP contribution in [-0.4, -0.2) is 35.4 Å². The number of hydrogen-bond donors (Lipinski definition) is 1. The van der Waals surface area contributed by atoms with Gasteiger partial charge in [0.2, 0.25) is 5.91 Å². The van der Waals surface area contributed by atoms with Gasteiger partial charge in [0.1, 0.15) is 11.8 Å². The van der Waals surface area contributed by atoms with Crippen LogP contribution in [0.1, 0.15) is 31.9 Å². The lowest BCUT2D eigenvalue weighted by Gasteiger charge is -2.29. The van der Waals surface area contributed by atoms with Crippen LogP contribution in [0.4, 0.5) is 0 Å². The monoisotopic (exact) mass is 524 g/mol. The zero-order valence-corrected chi connectivity index (χ0v) is 20.2. The Morgan fingerprint density at radius 1 is 1.07 bits per heavy atom. The fourth-order valence-corrected chi connectivity index (χ4v) is 3.22. The van der Waals surface area contributed by atoms with Crippen molar-refractivity contribution in [1.29, 1.82) is 0 Å². The van der Waals surface area contributed by atoms with Crippen molar-refractivity contribution in [2.75, 3.05) is 6.61 Å². The summed E-state index contributed by atoms with van der Waals surface area (Å²) in [5, 5.41) is 2.87. The summed E-state index contributed by atoms with van der Waals surface area (Å²) in [6.45, 7) is 7.66. The third kappa shape index (κ3) is 7.16. The topological polar surface area (TPSA) is 58.6 Å². The minimum Gasteiger partial charge on any atom is -0.484 e. The second kappa shape index (κ2) is 10.8. The molecular weight excluding hydrogens is 500 g/mol. The first kappa shape index (κ1) is 23.4. The minimum absolute atomic E-state index is 0.00317. The van der Waals surface area contributed by atoms with E-state index in [4.69, 9.17) is 4.74 Å². The highest BCUT2D eigenvalue weighted by atomic mass is 79.9. The molecule has 0 fully saturated rings. The Morgan fingerprint density at radius 3 is 2.31 bits per heavy atom. The molecule has 2 aromatic carbocycles. The molecule has 2 aromatic rings. The number of nitrogens with zero attached hydrogens (tertiary/aromatic N) is 1. The lowest BCUT2D eigenvalue weighted by Crippen LogP contribution is -2.50. The van der Waals surface area contributed by atoms with Crippen molar-refractivity contribution in [2.24, 2.45) is 0 Å². The summed E-state index contributed by atoms with van der Waals surface area (Å²) in [6.07, 6.45) is 0. The van der Waals surface area contributed by atoms with E-state index in [0.717, 1.165) is 20.1 Å².